The lowest BCUT2D eigenvalue weighted by molar-refractivity contribution is -0.132. The summed E-state index contributed by atoms with van der Waals surface area (Å²) in [6.45, 7) is 3.56. The van der Waals surface area contributed by atoms with Crippen LogP contribution in [-0.4, -0.2) is 35.7 Å². The molecule has 2 N–H and O–H groups in total. The molecule has 1 saturated heterocycles. The van der Waals surface area contributed by atoms with Gasteiger partial charge in [0.25, 0.3) is 0 Å². The molecule has 1 rings (SSSR count). The molecule has 0 amide bonds. The minimum Gasteiger partial charge on any atom is -0.478 e. The number of carbonyl (C=O) groups is 1. The molecule has 0 aromatic rings. The van der Waals surface area contributed by atoms with Gasteiger partial charge in [0.15, 0.2) is 0 Å². The third-order valence-corrected chi connectivity index (χ3v) is 3.84. The molecule has 4 heteroatoms. The van der Waals surface area contributed by atoms with Gasteiger partial charge in [-0.25, -0.2) is 4.79 Å². The van der Waals surface area contributed by atoms with Gasteiger partial charge in [-0.15, -0.1) is 0 Å². The average molecular weight is 229 g/mol. The van der Waals surface area contributed by atoms with Gasteiger partial charge in [0.2, 0.25) is 0 Å². The van der Waals surface area contributed by atoms with E-state index in [0.29, 0.717) is 18.5 Å². The Hall–Kier alpha value is -0.480. The highest BCUT2D eigenvalue weighted by Gasteiger charge is 2.14. The molecule has 1 aliphatic rings. The van der Waals surface area contributed by atoms with Crippen molar-refractivity contribution < 1.29 is 9.90 Å². The van der Waals surface area contributed by atoms with Crippen LogP contribution in [0.5, 0.6) is 0 Å². The van der Waals surface area contributed by atoms with Crippen LogP contribution in [0.15, 0.2) is 11.6 Å². The average Bonchev–Trinajstić information content (AvgIpc) is 2.70. The van der Waals surface area contributed by atoms with Crippen molar-refractivity contribution in [2.45, 2.75) is 19.8 Å². The van der Waals surface area contributed by atoms with Crippen molar-refractivity contribution >= 4 is 17.7 Å². The molecule has 0 saturated carbocycles. The molecule has 0 spiro atoms. The standard InChI is InChI=1S/C11H19NO2S/c1-2-10(11(13)14)3-5-12-7-9-4-6-15-8-9/h3,9,12H,2,4-8H2,1H3,(H,13,14). The van der Waals surface area contributed by atoms with Crippen LogP contribution < -0.4 is 5.32 Å². The molecule has 0 aliphatic carbocycles. The lowest BCUT2D eigenvalue weighted by atomic mass is 10.1. The van der Waals surface area contributed by atoms with Crippen LogP contribution in [0.1, 0.15) is 19.8 Å². The smallest absolute Gasteiger partial charge is 0.331 e. The molecule has 3 nitrogen and oxygen atoms in total. The third kappa shape index (κ3) is 4.71. The number of carboxylic acid groups (broad SMARTS) is 1. The fourth-order valence-electron chi connectivity index (χ4n) is 1.61. The second-order valence-electron chi connectivity index (χ2n) is 3.78. The van der Waals surface area contributed by atoms with Crippen LogP contribution in [0.3, 0.4) is 0 Å². The Morgan fingerprint density at radius 3 is 3.00 bits per heavy atom. The van der Waals surface area contributed by atoms with E-state index in [1.165, 1.54) is 17.9 Å². The zero-order valence-electron chi connectivity index (χ0n) is 9.16. The van der Waals surface area contributed by atoms with Crippen molar-refractivity contribution in [2.24, 2.45) is 5.92 Å². The van der Waals surface area contributed by atoms with E-state index in [2.05, 4.69) is 5.32 Å². The molecule has 0 aromatic carbocycles. The highest BCUT2D eigenvalue weighted by molar-refractivity contribution is 7.99. The maximum absolute atomic E-state index is 10.7. The van der Waals surface area contributed by atoms with Crippen LogP contribution in [0, 0.1) is 5.92 Å². The van der Waals surface area contributed by atoms with Gasteiger partial charge in [0.05, 0.1) is 0 Å². The molecule has 15 heavy (non-hydrogen) atoms. The molecule has 1 aliphatic heterocycles. The second kappa shape index (κ2) is 6.90. The third-order valence-electron chi connectivity index (χ3n) is 2.61. The quantitative estimate of drug-likeness (QED) is 0.538. The molecule has 1 fully saturated rings. The van der Waals surface area contributed by atoms with Crippen molar-refractivity contribution in [2.75, 3.05) is 24.6 Å². The normalized spacial score (nSPS) is 21.9. The molecule has 0 radical (unpaired) electrons. The second-order valence-corrected chi connectivity index (χ2v) is 4.93. The predicted octanol–water partition coefficient (Wildman–Crippen LogP) is 1.75. The van der Waals surface area contributed by atoms with E-state index in [4.69, 9.17) is 5.11 Å². The van der Waals surface area contributed by atoms with Crippen LogP contribution in [-0.2, 0) is 4.79 Å². The van der Waals surface area contributed by atoms with Crippen molar-refractivity contribution in [3.8, 4) is 0 Å². The Bertz CT molecular complexity index is 235. The first-order valence-electron chi connectivity index (χ1n) is 5.44. The predicted molar refractivity (Wildman–Crippen MR) is 64.3 cm³/mol. The van der Waals surface area contributed by atoms with Gasteiger partial charge < -0.3 is 10.4 Å². The highest BCUT2D eigenvalue weighted by Crippen LogP contribution is 2.22. The largest absolute Gasteiger partial charge is 0.478 e. The lowest BCUT2D eigenvalue weighted by Gasteiger charge is -2.08. The van der Waals surface area contributed by atoms with Crippen molar-refractivity contribution in [1.29, 1.82) is 0 Å². The van der Waals surface area contributed by atoms with Crippen LogP contribution in [0.25, 0.3) is 0 Å². The minimum absolute atomic E-state index is 0.503. The molecule has 1 heterocycles. The summed E-state index contributed by atoms with van der Waals surface area (Å²) in [4.78, 5) is 10.7. The number of carboxylic acids is 1. The van der Waals surface area contributed by atoms with Gasteiger partial charge in [-0.3, -0.25) is 0 Å². The molecule has 0 bridgehead atoms. The number of nitrogens with one attached hydrogen (secondary N) is 1. The molecular formula is C11H19NO2S. The monoisotopic (exact) mass is 229 g/mol. The van der Waals surface area contributed by atoms with E-state index >= 15 is 0 Å². The van der Waals surface area contributed by atoms with Crippen molar-refractivity contribution in [3.63, 3.8) is 0 Å². The number of rotatable bonds is 6. The summed E-state index contributed by atoms with van der Waals surface area (Å²) < 4.78 is 0. The van der Waals surface area contributed by atoms with E-state index in [9.17, 15) is 4.79 Å². The van der Waals surface area contributed by atoms with Gasteiger partial charge >= 0.3 is 5.97 Å². The fraction of sp³-hybridized carbons (Fsp3) is 0.727. The number of hydrogen-bond acceptors (Lipinski definition) is 3. The van der Waals surface area contributed by atoms with Gasteiger partial charge in [0, 0.05) is 12.1 Å². The SMILES string of the molecule is CCC(=CCNCC1CCSC1)C(=O)O. The zero-order valence-corrected chi connectivity index (χ0v) is 9.98. The highest BCUT2D eigenvalue weighted by atomic mass is 32.2. The van der Waals surface area contributed by atoms with Gasteiger partial charge in [0.1, 0.15) is 0 Å². The first-order chi connectivity index (χ1) is 7.24. The Morgan fingerprint density at radius 1 is 1.67 bits per heavy atom. The Morgan fingerprint density at radius 2 is 2.47 bits per heavy atom. The minimum atomic E-state index is -0.796. The Balaban J connectivity index is 2.16. The Kier molecular flexibility index (Phi) is 5.79. The molecule has 1 unspecified atom stereocenters. The van der Waals surface area contributed by atoms with Crippen LogP contribution in [0.2, 0.25) is 0 Å². The summed E-state index contributed by atoms with van der Waals surface area (Å²) >= 11 is 2.01. The topological polar surface area (TPSA) is 49.3 Å². The summed E-state index contributed by atoms with van der Waals surface area (Å²) in [6, 6.07) is 0. The van der Waals surface area contributed by atoms with Gasteiger partial charge in [-0.2, -0.15) is 11.8 Å². The molecule has 0 aromatic heterocycles. The van der Waals surface area contributed by atoms with E-state index in [1.807, 2.05) is 18.7 Å². The number of hydrogen-bond donors (Lipinski definition) is 2. The molecule has 86 valence electrons. The van der Waals surface area contributed by atoms with Gasteiger partial charge in [-0.05, 0) is 36.8 Å². The summed E-state index contributed by atoms with van der Waals surface area (Å²) in [5.41, 5.74) is 0.503. The van der Waals surface area contributed by atoms with E-state index < -0.39 is 5.97 Å². The summed E-state index contributed by atoms with van der Waals surface area (Å²) in [5, 5.41) is 12.1. The summed E-state index contributed by atoms with van der Waals surface area (Å²) in [5.74, 6) is 2.50. The summed E-state index contributed by atoms with van der Waals surface area (Å²) in [7, 11) is 0. The van der Waals surface area contributed by atoms with Crippen molar-refractivity contribution in [1.82, 2.24) is 5.32 Å². The van der Waals surface area contributed by atoms with E-state index in [1.54, 1.807) is 6.08 Å². The zero-order chi connectivity index (χ0) is 11.1. The van der Waals surface area contributed by atoms with E-state index in [0.717, 1.165) is 12.5 Å². The maximum Gasteiger partial charge on any atom is 0.331 e. The summed E-state index contributed by atoms with van der Waals surface area (Å²) in [6.07, 6.45) is 3.67. The number of thioether (sulfide) groups is 1. The fourth-order valence-corrected chi connectivity index (χ4v) is 2.89. The molecule has 1 atom stereocenters. The molecular weight excluding hydrogens is 210 g/mol. The Labute approximate surface area is 95.3 Å². The maximum atomic E-state index is 10.7. The first kappa shape index (κ1) is 12.6. The first-order valence-corrected chi connectivity index (χ1v) is 6.60. The van der Waals surface area contributed by atoms with E-state index in [-0.39, 0.29) is 0 Å². The van der Waals surface area contributed by atoms with Gasteiger partial charge in [-0.1, -0.05) is 13.0 Å². The van der Waals surface area contributed by atoms with Crippen LogP contribution in [0.4, 0.5) is 0 Å². The lowest BCUT2D eigenvalue weighted by Crippen LogP contribution is -2.23. The number of aliphatic carboxylic acids is 1. The van der Waals surface area contributed by atoms with Crippen molar-refractivity contribution in [3.05, 3.63) is 11.6 Å². The van der Waals surface area contributed by atoms with Crippen LogP contribution >= 0.6 is 11.8 Å².